The van der Waals surface area contributed by atoms with Crippen LogP contribution in [-0.2, 0) is 11.2 Å². The van der Waals surface area contributed by atoms with E-state index in [1.54, 1.807) is 18.2 Å². The molecule has 38 heavy (non-hydrogen) atoms. The van der Waals surface area contributed by atoms with Gasteiger partial charge in [0.1, 0.15) is 24.4 Å². The van der Waals surface area contributed by atoms with Crippen LogP contribution >= 0.6 is 0 Å². The minimum absolute atomic E-state index is 0.00640. The molecule has 2 aromatic rings. The molecule has 1 heterocycles. The zero-order valence-corrected chi connectivity index (χ0v) is 21.0. The van der Waals surface area contributed by atoms with Gasteiger partial charge in [-0.05, 0) is 41.0 Å². The minimum atomic E-state index is -1.69. The van der Waals surface area contributed by atoms with Gasteiger partial charge in [-0.15, -0.1) is 0 Å². The molecule has 0 spiro atoms. The number of phenolic OH excluding ortho intramolecular Hbond substituents is 1. The zero-order valence-electron chi connectivity index (χ0n) is 21.0. The first-order chi connectivity index (χ1) is 18.1. The van der Waals surface area contributed by atoms with Crippen molar-refractivity contribution in [2.75, 3.05) is 34.0 Å². The van der Waals surface area contributed by atoms with E-state index in [1.165, 1.54) is 26.4 Å². The molecule has 0 bridgehead atoms. The maximum atomic E-state index is 11.3. The van der Waals surface area contributed by atoms with Gasteiger partial charge in [0, 0.05) is 24.9 Å². The Kier molecular flexibility index (Phi) is 8.35. The standard InChI is InChI=1S/C26H34O12/c1-35-18-7-14-13(5-16(18)30)8-26(34,11-29)15(9-27)21(14)12-3-4-17(19(6-12)36-2)37-25-24(33)23(32)22(31)20(10-28)38-25/h3-7,15,20-25,27-34H,8-11H2,1-2H3/t15-,20-,21-,22-,23+,24-,25-,26+/m0/s1. The lowest BCUT2D eigenvalue weighted by Crippen LogP contribution is -2.60. The van der Waals surface area contributed by atoms with Gasteiger partial charge in [-0.2, -0.15) is 0 Å². The second-order valence-electron chi connectivity index (χ2n) is 9.65. The molecule has 8 N–H and O–H groups in total. The summed E-state index contributed by atoms with van der Waals surface area (Å²) in [5.41, 5.74) is 0.117. The molecular weight excluding hydrogens is 504 g/mol. The number of hydrogen-bond acceptors (Lipinski definition) is 12. The van der Waals surface area contributed by atoms with Crippen LogP contribution < -0.4 is 14.2 Å². The highest BCUT2D eigenvalue weighted by atomic mass is 16.7. The quantitative estimate of drug-likeness (QED) is 0.196. The van der Waals surface area contributed by atoms with Crippen LogP contribution in [-0.4, -0.2) is 111 Å². The number of methoxy groups -OCH3 is 2. The predicted octanol–water partition coefficient (Wildman–Crippen LogP) is -1.39. The van der Waals surface area contributed by atoms with Crippen molar-refractivity contribution in [3.63, 3.8) is 0 Å². The van der Waals surface area contributed by atoms with Gasteiger partial charge in [-0.1, -0.05) is 6.07 Å². The van der Waals surface area contributed by atoms with Gasteiger partial charge in [0.15, 0.2) is 23.0 Å². The van der Waals surface area contributed by atoms with Crippen LogP contribution in [0.1, 0.15) is 22.6 Å². The average Bonchev–Trinajstić information content (AvgIpc) is 2.92. The molecule has 0 unspecified atom stereocenters. The lowest BCUT2D eigenvalue weighted by molar-refractivity contribution is -0.277. The molecule has 1 aliphatic carbocycles. The van der Waals surface area contributed by atoms with Crippen LogP contribution in [0.25, 0.3) is 0 Å². The molecule has 0 amide bonds. The highest BCUT2D eigenvalue weighted by molar-refractivity contribution is 5.54. The van der Waals surface area contributed by atoms with E-state index >= 15 is 0 Å². The van der Waals surface area contributed by atoms with E-state index in [1.807, 2.05) is 0 Å². The summed E-state index contributed by atoms with van der Waals surface area (Å²) >= 11 is 0. The van der Waals surface area contributed by atoms with Gasteiger partial charge in [0.25, 0.3) is 0 Å². The molecule has 1 fully saturated rings. The fourth-order valence-corrected chi connectivity index (χ4v) is 5.35. The van der Waals surface area contributed by atoms with E-state index in [9.17, 15) is 40.9 Å². The van der Waals surface area contributed by atoms with E-state index in [0.29, 0.717) is 16.7 Å². The first-order valence-electron chi connectivity index (χ1n) is 12.1. The maximum Gasteiger partial charge on any atom is 0.229 e. The van der Waals surface area contributed by atoms with E-state index in [0.717, 1.165) is 0 Å². The third-order valence-corrected chi connectivity index (χ3v) is 7.47. The second-order valence-corrected chi connectivity index (χ2v) is 9.65. The van der Waals surface area contributed by atoms with Crippen molar-refractivity contribution < 1.29 is 59.8 Å². The number of aromatic hydroxyl groups is 1. The zero-order chi connectivity index (χ0) is 27.8. The monoisotopic (exact) mass is 538 g/mol. The number of hydrogen-bond donors (Lipinski definition) is 8. The number of aliphatic hydroxyl groups is 7. The molecule has 1 aliphatic heterocycles. The third kappa shape index (κ3) is 4.90. The average molecular weight is 539 g/mol. The number of phenols is 1. The summed E-state index contributed by atoms with van der Waals surface area (Å²) in [5, 5.41) is 81.8. The summed E-state index contributed by atoms with van der Waals surface area (Å²) in [6.45, 7) is -1.70. The van der Waals surface area contributed by atoms with Crippen molar-refractivity contribution in [1.29, 1.82) is 0 Å². The van der Waals surface area contributed by atoms with Crippen LogP contribution in [0.5, 0.6) is 23.0 Å². The summed E-state index contributed by atoms with van der Waals surface area (Å²) in [5.74, 6) is -1.13. The van der Waals surface area contributed by atoms with Crippen molar-refractivity contribution in [3.05, 3.63) is 47.0 Å². The number of fused-ring (bicyclic) bond motifs is 1. The fourth-order valence-electron chi connectivity index (χ4n) is 5.35. The lowest BCUT2D eigenvalue weighted by atomic mass is 9.64. The summed E-state index contributed by atoms with van der Waals surface area (Å²) in [7, 11) is 2.78. The Morgan fingerprint density at radius 1 is 0.895 bits per heavy atom. The van der Waals surface area contributed by atoms with Gasteiger partial charge in [-0.3, -0.25) is 0 Å². The summed E-state index contributed by atoms with van der Waals surface area (Å²) < 4.78 is 21.9. The topological polar surface area (TPSA) is 199 Å². The van der Waals surface area contributed by atoms with Crippen molar-refractivity contribution in [1.82, 2.24) is 0 Å². The first kappa shape index (κ1) is 28.3. The molecule has 2 aromatic carbocycles. The molecular formula is C26H34O12. The van der Waals surface area contributed by atoms with Gasteiger partial charge in [0.2, 0.25) is 6.29 Å². The van der Waals surface area contributed by atoms with Crippen molar-refractivity contribution in [2.24, 2.45) is 5.92 Å². The predicted molar refractivity (Wildman–Crippen MR) is 130 cm³/mol. The maximum absolute atomic E-state index is 11.3. The SMILES string of the molecule is COc1cc2c(cc1O)C[C@@](O)(CO)[C@@H](CO)[C@H]2c1ccc(O[C@H]2O[C@@H](CO)[C@H](O)[C@@H](O)[C@@H]2O)c(OC)c1. The Hall–Kier alpha value is -2.68. The number of benzene rings is 2. The molecule has 0 saturated carbocycles. The van der Waals surface area contributed by atoms with Crippen molar-refractivity contribution in [2.45, 2.75) is 48.6 Å². The largest absolute Gasteiger partial charge is 0.504 e. The fraction of sp³-hybridized carbons (Fsp3) is 0.538. The molecule has 4 rings (SSSR count). The van der Waals surface area contributed by atoms with Crippen molar-refractivity contribution in [3.8, 4) is 23.0 Å². The molecule has 2 aliphatic rings. The Morgan fingerprint density at radius 2 is 1.61 bits per heavy atom. The van der Waals surface area contributed by atoms with Crippen LogP contribution in [0.4, 0.5) is 0 Å². The third-order valence-electron chi connectivity index (χ3n) is 7.47. The first-order valence-corrected chi connectivity index (χ1v) is 12.1. The molecule has 12 heteroatoms. The van der Waals surface area contributed by atoms with E-state index in [-0.39, 0.29) is 29.4 Å². The number of rotatable bonds is 8. The molecule has 210 valence electrons. The van der Waals surface area contributed by atoms with Gasteiger partial charge in [-0.25, -0.2) is 0 Å². The second kappa shape index (κ2) is 11.2. The van der Waals surface area contributed by atoms with E-state index in [4.69, 9.17) is 18.9 Å². The summed E-state index contributed by atoms with van der Waals surface area (Å²) in [4.78, 5) is 0. The Labute approximate surface area is 218 Å². The van der Waals surface area contributed by atoms with Gasteiger partial charge >= 0.3 is 0 Å². The van der Waals surface area contributed by atoms with E-state index in [2.05, 4.69) is 0 Å². The highest BCUT2D eigenvalue weighted by Gasteiger charge is 2.48. The van der Waals surface area contributed by atoms with Crippen LogP contribution in [0, 0.1) is 5.92 Å². The summed E-state index contributed by atoms with van der Waals surface area (Å²) in [6.07, 6.45) is -7.38. The van der Waals surface area contributed by atoms with Crippen LogP contribution in [0.3, 0.4) is 0 Å². The summed E-state index contributed by atoms with van der Waals surface area (Å²) in [6, 6.07) is 7.83. The Bertz CT molecular complexity index is 1120. The molecule has 12 nitrogen and oxygen atoms in total. The molecule has 0 aromatic heterocycles. The van der Waals surface area contributed by atoms with E-state index < -0.39 is 68.0 Å². The van der Waals surface area contributed by atoms with Crippen LogP contribution in [0.15, 0.2) is 30.3 Å². The molecule has 0 radical (unpaired) electrons. The minimum Gasteiger partial charge on any atom is -0.504 e. The number of ether oxygens (including phenoxy) is 4. The number of aliphatic hydroxyl groups excluding tert-OH is 6. The molecule has 1 saturated heterocycles. The van der Waals surface area contributed by atoms with Gasteiger partial charge in [0.05, 0.1) is 33.0 Å². The normalized spacial score (nSPS) is 32.9. The Morgan fingerprint density at radius 3 is 2.21 bits per heavy atom. The Balaban J connectivity index is 1.74. The van der Waals surface area contributed by atoms with Crippen molar-refractivity contribution >= 4 is 0 Å². The smallest absolute Gasteiger partial charge is 0.229 e. The van der Waals surface area contributed by atoms with Gasteiger partial charge < -0.3 is 59.8 Å². The molecule has 8 atom stereocenters. The highest BCUT2D eigenvalue weighted by Crippen LogP contribution is 2.49. The van der Waals surface area contributed by atoms with Crippen LogP contribution in [0.2, 0.25) is 0 Å². The lowest BCUT2D eigenvalue weighted by Gasteiger charge is -2.44.